The largest absolute Gasteiger partial charge is 0.349 e. The van der Waals surface area contributed by atoms with Gasteiger partial charge >= 0.3 is 0 Å². The zero-order valence-corrected chi connectivity index (χ0v) is 16.4. The Kier molecular flexibility index (Phi) is 5.55. The van der Waals surface area contributed by atoms with Gasteiger partial charge in [-0.2, -0.15) is 0 Å². The highest BCUT2D eigenvalue weighted by Crippen LogP contribution is 2.28. The summed E-state index contributed by atoms with van der Waals surface area (Å²) in [6.45, 7) is 2.16. The first-order valence-corrected chi connectivity index (χ1v) is 10.8. The van der Waals surface area contributed by atoms with Gasteiger partial charge in [-0.05, 0) is 24.5 Å². The number of halogens is 2. The van der Waals surface area contributed by atoms with E-state index in [9.17, 15) is 13.2 Å². The molecule has 0 radical (unpaired) electrons. The topological polar surface area (TPSA) is 93.9 Å². The second-order valence-electron chi connectivity index (χ2n) is 6.17. The Labute approximate surface area is 161 Å². The molecule has 1 aliphatic heterocycles. The quantitative estimate of drug-likeness (QED) is 0.806. The van der Waals surface area contributed by atoms with Crippen LogP contribution in [0, 0.1) is 5.92 Å². The van der Waals surface area contributed by atoms with Crippen LogP contribution in [0.3, 0.4) is 0 Å². The van der Waals surface area contributed by atoms with E-state index in [-0.39, 0.29) is 29.8 Å². The third-order valence-corrected chi connectivity index (χ3v) is 6.67. The number of rotatable bonds is 5. The van der Waals surface area contributed by atoms with Crippen LogP contribution in [0.2, 0.25) is 10.0 Å². The average Bonchev–Trinajstić information content (AvgIpc) is 3.15. The average molecular weight is 417 g/mol. The van der Waals surface area contributed by atoms with Crippen molar-refractivity contribution in [3.8, 4) is 5.69 Å². The van der Waals surface area contributed by atoms with Crippen molar-refractivity contribution in [1.29, 1.82) is 0 Å². The van der Waals surface area contributed by atoms with E-state index in [0.29, 0.717) is 34.4 Å². The summed E-state index contributed by atoms with van der Waals surface area (Å²) in [6, 6.07) is 5.09. The second kappa shape index (κ2) is 7.54. The number of sulfone groups is 1. The number of benzene rings is 1. The van der Waals surface area contributed by atoms with Crippen LogP contribution in [-0.4, -0.2) is 47.1 Å². The molecule has 0 bridgehead atoms. The van der Waals surface area contributed by atoms with E-state index in [1.807, 2.05) is 6.92 Å². The summed E-state index contributed by atoms with van der Waals surface area (Å²) in [5, 5.41) is 7.78. The number of nitrogens with one attached hydrogen (secondary N) is 1. The maximum atomic E-state index is 12.4. The molecule has 1 aromatic carbocycles. The summed E-state index contributed by atoms with van der Waals surface area (Å²) in [5.41, 5.74) is 0.473. The van der Waals surface area contributed by atoms with Crippen LogP contribution in [0.25, 0.3) is 5.69 Å². The molecule has 2 aromatic rings. The number of amides is 1. The molecule has 7 nitrogen and oxygen atoms in total. The molecule has 0 spiro atoms. The summed E-state index contributed by atoms with van der Waals surface area (Å²) in [5.74, 6) is 0.295. The van der Waals surface area contributed by atoms with Gasteiger partial charge in [-0.1, -0.05) is 36.2 Å². The number of carbonyl (C=O) groups excluding carboxylic acids is 1. The van der Waals surface area contributed by atoms with E-state index in [1.54, 1.807) is 18.2 Å². The van der Waals surface area contributed by atoms with E-state index in [1.165, 1.54) is 4.68 Å². The van der Waals surface area contributed by atoms with Gasteiger partial charge in [-0.25, -0.2) is 18.1 Å². The van der Waals surface area contributed by atoms with Crippen molar-refractivity contribution in [3.05, 3.63) is 39.9 Å². The zero-order valence-electron chi connectivity index (χ0n) is 14.1. The molecule has 3 rings (SSSR count). The first kappa shape index (κ1) is 19.1. The Morgan fingerprint density at radius 2 is 2.04 bits per heavy atom. The van der Waals surface area contributed by atoms with Gasteiger partial charge in [0.25, 0.3) is 5.91 Å². The summed E-state index contributed by atoms with van der Waals surface area (Å²) < 4.78 is 24.5. The van der Waals surface area contributed by atoms with Crippen molar-refractivity contribution >= 4 is 38.9 Å². The first-order chi connectivity index (χ1) is 12.3. The molecule has 1 atom stereocenters. The highest BCUT2D eigenvalue weighted by molar-refractivity contribution is 7.91. The molecule has 1 saturated heterocycles. The standard InChI is InChI=1S/C16H18Cl2N4O3S/c1-2-13-20-15(16(23)19-8-10-6-7-26(24,25)9-10)21-22(13)14-11(17)4-3-5-12(14)18/h3-5,10H,2,6-9H2,1H3,(H,19,23). The Morgan fingerprint density at radius 3 is 2.62 bits per heavy atom. The Morgan fingerprint density at radius 1 is 1.35 bits per heavy atom. The summed E-state index contributed by atoms with van der Waals surface area (Å²) in [4.78, 5) is 16.6. The fourth-order valence-electron chi connectivity index (χ4n) is 2.89. The first-order valence-electron chi connectivity index (χ1n) is 8.19. The summed E-state index contributed by atoms with van der Waals surface area (Å²) in [7, 11) is -2.98. The van der Waals surface area contributed by atoms with Crippen LogP contribution in [0.4, 0.5) is 0 Å². The van der Waals surface area contributed by atoms with Crippen LogP contribution >= 0.6 is 23.2 Å². The van der Waals surface area contributed by atoms with Crippen molar-refractivity contribution in [1.82, 2.24) is 20.1 Å². The van der Waals surface area contributed by atoms with E-state index in [4.69, 9.17) is 23.2 Å². The molecule has 1 amide bonds. The number of hydrogen-bond donors (Lipinski definition) is 1. The summed E-state index contributed by atoms with van der Waals surface area (Å²) >= 11 is 12.5. The lowest BCUT2D eigenvalue weighted by atomic mass is 10.1. The van der Waals surface area contributed by atoms with Gasteiger partial charge in [0.15, 0.2) is 9.84 Å². The molecular formula is C16H18Cl2N4O3S. The van der Waals surface area contributed by atoms with Gasteiger partial charge in [-0.15, -0.1) is 5.10 Å². The van der Waals surface area contributed by atoms with Crippen molar-refractivity contribution in [3.63, 3.8) is 0 Å². The molecule has 0 aliphatic carbocycles. The van der Waals surface area contributed by atoms with E-state index >= 15 is 0 Å². The Hall–Kier alpha value is -1.64. The molecule has 1 aromatic heterocycles. The van der Waals surface area contributed by atoms with Crippen molar-refractivity contribution in [2.75, 3.05) is 18.1 Å². The SMILES string of the molecule is CCc1nc(C(=O)NCC2CCS(=O)(=O)C2)nn1-c1c(Cl)cccc1Cl. The lowest BCUT2D eigenvalue weighted by molar-refractivity contribution is 0.0938. The minimum Gasteiger partial charge on any atom is -0.349 e. The van der Waals surface area contributed by atoms with E-state index in [0.717, 1.165) is 0 Å². The fraction of sp³-hybridized carbons (Fsp3) is 0.438. The van der Waals surface area contributed by atoms with Crippen LogP contribution in [-0.2, 0) is 16.3 Å². The van der Waals surface area contributed by atoms with Crippen LogP contribution in [0.1, 0.15) is 29.8 Å². The van der Waals surface area contributed by atoms with Crippen LogP contribution < -0.4 is 5.32 Å². The van der Waals surface area contributed by atoms with E-state index in [2.05, 4.69) is 15.4 Å². The normalized spacial score (nSPS) is 18.8. The fourth-order valence-corrected chi connectivity index (χ4v) is 5.31. The monoisotopic (exact) mass is 416 g/mol. The van der Waals surface area contributed by atoms with Crippen LogP contribution in [0.5, 0.6) is 0 Å². The molecule has 1 aliphatic rings. The molecule has 1 N–H and O–H groups in total. The van der Waals surface area contributed by atoms with Crippen molar-refractivity contribution in [2.24, 2.45) is 5.92 Å². The molecule has 0 saturated carbocycles. The van der Waals surface area contributed by atoms with Crippen molar-refractivity contribution in [2.45, 2.75) is 19.8 Å². The van der Waals surface area contributed by atoms with Gasteiger partial charge in [0, 0.05) is 13.0 Å². The molecular weight excluding hydrogens is 399 g/mol. The van der Waals surface area contributed by atoms with Gasteiger partial charge in [-0.3, -0.25) is 4.79 Å². The number of carbonyl (C=O) groups is 1. The number of para-hydroxylation sites is 1. The molecule has 26 heavy (non-hydrogen) atoms. The number of nitrogens with zero attached hydrogens (tertiary/aromatic N) is 3. The maximum absolute atomic E-state index is 12.4. The molecule has 1 fully saturated rings. The van der Waals surface area contributed by atoms with Gasteiger partial charge in [0.2, 0.25) is 5.82 Å². The molecule has 140 valence electrons. The second-order valence-corrected chi connectivity index (χ2v) is 9.21. The predicted molar refractivity (Wildman–Crippen MR) is 99.9 cm³/mol. The van der Waals surface area contributed by atoms with Crippen molar-refractivity contribution < 1.29 is 13.2 Å². The number of hydrogen-bond acceptors (Lipinski definition) is 5. The zero-order chi connectivity index (χ0) is 18.9. The summed E-state index contributed by atoms with van der Waals surface area (Å²) in [6.07, 6.45) is 1.09. The molecule has 1 unspecified atom stereocenters. The van der Waals surface area contributed by atoms with Gasteiger partial charge in [0.05, 0.1) is 21.6 Å². The molecule has 10 heteroatoms. The number of aryl methyl sites for hydroxylation is 1. The van der Waals surface area contributed by atoms with Gasteiger partial charge in [0.1, 0.15) is 11.5 Å². The Bertz CT molecular complexity index is 923. The predicted octanol–water partition coefficient (Wildman–Crippen LogP) is 2.30. The lowest BCUT2D eigenvalue weighted by Gasteiger charge is -2.08. The highest BCUT2D eigenvalue weighted by Gasteiger charge is 2.28. The minimum absolute atomic E-state index is 0.00121. The Balaban J connectivity index is 1.79. The maximum Gasteiger partial charge on any atom is 0.290 e. The lowest BCUT2D eigenvalue weighted by Crippen LogP contribution is -2.30. The molecule has 2 heterocycles. The smallest absolute Gasteiger partial charge is 0.290 e. The van der Waals surface area contributed by atoms with Crippen LogP contribution in [0.15, 0.2) is 18.2 Å². The van der Waals surface area contributed by atoms with Gasteiger partial charge < -0.3 is 5.32 Å². The minimum atomic E-state index is -2.98. The number of aromatic nitrogens is 3. The third kappa shape index (κ3) is 4.02. The van der Waals surface area contributed by atoms with E-state index < -0.39 is 15.7 Å². The third-order valence-electron chi connectivity index (χ3n) is 4.22. The highest BCUT2D eigenvalue weighted by atomic mass is 35.5.